The van der Waals surface area contributed by atoms with E-state index >= 15 is 0 Å². The molecule has 0 fully saturated rings. The number of nitrogens with zero attached hydrogens (tertiary/aromatic N) is 4. The number of aromatic nitrogens is 4. The van der Waals surface area contributed by atoms with Crippen molar-refractivity contribution < 1.29 is 0 Å². The minimum absolute atomic E-state index is 0.598. The summed E-state index contributed by atoms with van der Waals surface area (Å²) in [6.45, 7) is 2.74. The van der Waals surface area contributed by atoms with Gasteiger partial charge < -0.3 is 5.32 Å². The normalized spacial score (nSPS) is 10.4. The van der Waals surface area contributed by atoms with Crippen LogP contribution in [0.25, 0.3) is 0 Å². The smallest absolute Gasteiger partial charge is 0.193 e. The lowest BCUT2D eigenvalue weighted by atomic mass is 10.1. The molecular formula is C11H15N5. The summed E-state index contributed by atoms with van der Waals surface area (Å²) in [5.74, 6) is 0.699. The molecule has 1 heterocycles. The molecule has 1 aromatic carbocycles. The van der Waals surface area contributed by atoms with E-state index in [-0.39, 0.29) is 0 Å². The molecule has 2 aromatic rings. The largest absolute Gasteiger partial charge is 0.378 e. The average molecular weight is 217 g/mol. The van der Waals surface area contributed by atoms with Crippen LogP contribution < -0.4 is 5.32 Å². The molecule has 0 amide bonds. The molecule has 5 nitrogen and oxygen atoms in total. The molecule has 0 spiro atoms. The van der Waals surface area contributed by atoms with Gasteiger partial charge >= 0.3 is 0 Å². The second kappa shape index (κ2) is 4.74. The molecular weight excluding hydrogens is 202 g/mol. The van der Waals surface area contributed by atoms with E-state index in [1.165, 1.54) is 10.4 Å². The third-order valence-electron chi connectivity index (χ3n) is 2.34. The number of hydrogen-bond acceptors (Lipinski definition) is 4. The number of aryl methyl sites for hydroxylation is 2. The van der Waals surface area contributed by atoms with E-state index in [0.717, 1.165) is 12.1 Å². The lowest BCUT2D eigenvalue weighted by molar-refractivity contribution is 0.628. The fourth-order valence-corrected chi connectivity index (χ4v) is 1.48. The van der Waals surface area contributed by atoms with Crippen molar-refractivity contribution in [1.29, 1.82) is 0 Å². The highest BCUT2D eigenvalue weighted by atomic mass is 15.6. The van der Waals surface area contributed by atoms with Crippen LogP contribution in [-0.2, 0) is 20.0 Å². The van der Waals surface area contributed by atoms with E-state index < -0.39 is 0 Å². The molecule has 0 unspecified atom stereocenters. The van der Waals surface area contributed by atoms with E-state index in [0.29, 0.717) is 12.4 Å². The Bertz CT molecular complexity index is 463. The molecule has 0 saturated heterocycles. The second-order valence-corrected chi connectivity index (χ2v) is 3.60. The second-order valence-electron chi connectivity index (χ2n) is 3.60. The first-order chi connectivity index (χ1) is 7.78. The van der Waals surface area contributed by atoms with E-state index in [4.69, 9.17) is 0 Å². The summed E-state index contributed by atoms with van der Waals surface area (Å²) < 4.78 is 0. The number of benzene rings is 1. The van der Waals surface area contributed by atoms with Crippen molar-refractivity contribution >= 4 is 5.69 Å². The van der Waals surface area contributed by atoms with Gasteiger partial charge in [-0.25, -0.2) is 0 Å². The summed E-state index contributed by atoms with van der Waals surface area (Å²) in [6.07, 6.45) is 1.04. The van der Waals surface area contributed by atoms with Crippen molar-refractivity contribution in [3.63, 3.8) is 0 Å². The van der Waals surface area contributed by atoms with Crippen molar-refractivity contribution in [1.82, 2.24) is 20.2 Å². The van der Waals surface area contributed by atoms with Crippen LogP contribution >= 0.6 is 0 Å². The van der Waals surface area contributed by atoms with Gasteiger partial charge in [0.2, 0.25) is 0 Å². The summed E-state index contributed by atoms with van der Waals surface area (Å²) in [6, 6.07) is 8.34. The molecule has 0 aliphatic carbocycles. The topological polar surface area (TPSA) is 55.6 Å². The molecule has 84 valence electrons. The number of hydrogen-bond donors (Lipinski definition) is 1. The highest BCUT2D eigenvalue weighted by Crippen LogP contribution is 2.11. The van der Waals surface area contributed by atoms with Crippen molar-refractivity contribution in [3.8, 4) is 0 Å². The monoisotopic (exact) mass is 217 g/mol. The van der Waals surface area contributed by atoms with Crippen molar-refractivity contribution in [2.24, 2.45) is 7.05 Å². The average Bonchev–Trinajstić information content (AvgIpc) is 2.73. The van der Waals surface area contributed by atoms with Crippen molar-refractivity contribution in [2.75, 3.05) is 5.32 Å². The van der Waals surface area contributed by atoms with E-state index in [9.17, 15) is 0 Å². The molecule has 1 N–H and O–H groups in total. The van der Waals surface area contributed by atoms with E-state index in [1.807, 2.05) is 12.1 Å². The first kappa shape index (κ1) is 10.6. The fraction of sp³-hybridized carbons (Fsp3) is 0.364. The van der Waals surface area contributed by atoms with Crippen LogP contribution in [0.2, 0.25) is 0 Å². The van der Waals surface area contributed by atoms with Crippen LogP contribution in [0, 0.1) is 0 Å². The van der Waals surface area contributed by atoms with E-state index in [2.05, 4.69) is 39.8 Å². The molecule has 2 rings (SSSR count). The van der Waals surface area contributed by atoms with Gasteiger partial charge in [0.1, 0.15) is 0 Å². The van der Waals surface area contributed by atoms with Crippen molar-refractivity contribution in [3.05, 3.63) is 35.7 Å². The van der Waals surface area contributed by atoms with Gasteiger partial charge in [-0.15, -0.1) is 10.2 Å². The molecule has 5 heteroatoms. The van der Waals surface area contributed by atoms with Crippen LogP contribution in [0.15, 0.2) is 24.3 Å². The standard InChI is InChI=1S/C11H15N5/c1-3-9-5-4-6-10(7-9)12-8-11-13-15-16(2)14-11/h4-7,12H,3,8H2,1-2H3. The molecule has 16 heavy (non-hydrogen) atoms. The summed E-state index contributed by atoms with van der Waals surface area (Å²) in [4.78, 5) is 1.46. The Kier molecular flexibility index (Phi) is 3.14. The maximum Gasteiger partial charge on any atom is 0.193 e. The number of rotatable bonds is 4. The Balaban J connectivity index is 1.99. The molecule has 0 saturated carbocycles. The third kappa shape index (κ3) is 2.56. The number of nitrogens with one attached hydrogen (secondary N) is 1. The Morgan fingerprint density at radius 2 is 2.25 bits per heavy atom. The van der Waals surface area contributed by atoms with Crippen LogP contribution in [0.5, 0.6) is 0 Å². The zero-order valence-electron chi connectivity index (χ0n) is 9.51. The molecule has 0 bridgehead atoms. The summed E-state index contributed by atoms with van der Waals surface area (Å²) in [5.41, 5.74) is 2.41. The van der Waals surface area contributed by atoms with Gasteiger partial charge in [-0.2, -0.15) is 4.80 Å². The Morgan fingerprint density at radius 1 is 1.38 bits per heavy atom. The molecule has 0 aliphatic heterocycles. The van der Waals surface area contributed by atoms with Crippen LogP contribution in [0.4, 0.5) is 5.69 Å². The van der Waals surface area contributed by atoms with Crippen LogP contribution in [0.1, 0.15) is 18.3 Å². The minimum Gasteiger partial charge on any atom is -0.378 e. The molecule has 1 aromatic heterocycles. The zero-order valence-corrected chi connectivity index (χ0v) is 9.51. The van der Waals surface area contributed by atoms with Crippen molar-refractivity contribution in [2.45, 2.75) is 19.9 Å². The predicted molar refractivity (Wildman–Crippen MR) is 61.9 cm³/mol. The highest BCUT2D eigenvalue weighted by molar-refractivity contribution is 5.45. The Morgan fingerprint density at radius 3 is 2.94 bits per heavy atom. The Hall–Kier alpha value is -1.91. The van der Waals surface area contributed by atoms with Crippen LogP contribution in [0.3, 0.4) is 0 Å². The van der Waals surface area contributed by atoms with Gasteiger partial charge in [0, 0.05) is 5.69 Å². The summed E-state index contributed by atoms with van der Waals surface area (Å²) >= 11 is 0. The minimum atomic E-state index is 0.598. The molecule has 0 aliphatic rings. The Labute approximate surface area is 94.5 Å². The van der Waals surface area contributed by atoms with Gasteiger partial charge in [0.15, 0.2) is 5.82 Å². The first-order valence-corrected chi connectivity index (χ1v) is 5.33. The van der Waals surface area contributed by atoms with Crippen LogP contribution in [-0.4, -0.2) is 20.2 Å². The first-order valence-electron chi connectivity index (χ1n) is 5.33. The number of tetrazole rings is 1. The highest BCUT2D eigenvalue weighted by Gasteiger charge is 2.00. The SMILES string of the molecule is CCc1cccc(NCc2nnn(C)n2)c1. The zero-order chi connectivity index (χ0) is 11.4. The van der Waals surface area contributed by atoms with Gasteiger partial charge in [0.25, 0.3) is 0 Å². The van der Waals surface area contributed by atoms with Gasteiger partial charge in [-0.3, -0.25) is 0 Å². The van der Waals surface area contributed by atoms with E-state index in [1.54, 1.807) is 7.05 Å². The maximum absolute atomic E-state index is 4.10. The lowest BCUT2D eigenvalue weighted by Crippen LogP contribution is -2.02. The molecule has 0 radical (unpaired) electrons. The predicted octanol–water partition coefficient (Wildman–Crippen LogP) is 1.38. The maximum atomic E-state index is 4.10. The quantitative estimate of drug-likeness (QED) is 0.840. The lowest BCUT2D eigenvalue weighted by Gasteiger charge is -2.04. The van der Waals surface area contributed by atoms with Gasteiger partial charge in [-0.1, -0.05) is 19.1 Å². The summed E-state index contributed by atoms with van der Waals surface area (Å²) in [7, 11) is 1.76. The van der Waals surface area contributed by atoms with Gasteiger partial charge in [0.05, 0.1) is 13.6 Å². The third-order valence-corrected chi connectivity index (χ3v) is 2.34. The number of anilines is 1. The summed E-state index contributed by atoms with van der Waals surface area (Å²) in [5, 5.41) is 15.1. The fourth-order valence-electron chi connectivity index (χ4n) is 1.48. The van der Waals surface area contributed by atoms with Gasteiger partial charge in [-0.05, 0) is 29.3 Å². The molecule has 0 atom stereocenters.